The summed E-state index contributed by atoms with van der Waals surface area (Å²) >= 11 is 0. The minimum absolute atomic E-state index is 0. The predicted molar refractivity (Wildman–Crippen MR) is 91.6 cm³/mol. The molecule has 2 aliphatic heterocycles. The number of nitrogens with one attached hydrogen (secondary N) is 1. The second kappa shape index (κ2) is 5.79. The molecule has 4 rings (SSSR count). The molecular formula is C18H28FN3O2. The number of amides is 1. The van der Waals surface area contributed by atoms with Crippen molar-refractivity contribution in [2.24, 2.45) is 5.41 Å². The number of nitrogens with zero attached hydrogens (tertiary/aromatic N) is 2. The highest BCUT2D eigenvalue weighted by atomic mass is 19.1. The van der Waals surface area contributed by atoms with Gasteiger partial charge in [0.25, 0.3) is 5.91 Å². The standard InChI is InChI=1S/C18H24FN3O2.2H2/c1-21-7-5-18(11-21)4-2-16(18)22-6-3-12-8-13(17(23)20-24)9-15(19)14(12)10-22;;/h8-9,16,24H,2-7,10-11H2,1H3,(H,20,23);2*1H/t16-,18-;;/m0../s1. The fourth-order valence-corrected chi connectivity index (χ4v) is 4.94. The van der Waals surface area contributed by atoms with Gasteiger partial charge in [-0.3, -0.25) is 14.9 Å². The Hall–Kier alpha value is -1.50. The summed E-state index contributed by atoms with van der Waals surface area (Å²) in [4.78, 5) is 16.4. The number of likely N-dealkylation sites (tertiary alicyclic amines) is 1. The van der Waals surface area contributed by atoms with Gasteiger partial charge in [0.1, 0.15) is 5.82 Å². The molecule has 2 N–H and O–H groups in total. The van der Waals surface area contributed by atoms with Crippen LogP contribution in [0, 0.1) is 11.2 Å². The molecule has 1 saturated heterocycles. The van der Waals surface area contributed by atoms with E-state index in [4.69, 9.17) is 5.21 Å². The van der Waals surface area contributed by atoms with Crippen LogP contribution in [0.15, 0.2) is 12.1 Å². The van der Waals surface area contributed by atoms with Gasteiger partial charge in [0.15, 0.2) is 0 Å². The number of carbonyl (C=O) groups excluding carboxylic acids is 1. The summed E-state index contributed by atoms with van der Waals surface area (Å²) in [6.07, 6.45) is 4.48. The van der Waals surface area contributed by atoms with E-state index in [0.717, 1.165) is 31.6 Å². The van der Waals surface area contributed by atoms with Crippen molar-refractivity contribution in [3.05, 3.63) is 34.6 Å². The Balaban J connectivity index is 0.00000121. The van der Waals surface area contributed by atoms with Crippen LogP contribution in [0.3, 0.4) is 0 Å². The molecule has 1 aromatic carbocycles. The highest BCUT2D eigenvalue weighted by Crippen LogP contribution is 2.51. The highest BCUT2D eigenvalue weighted by molar-refractivity contribution is 5.93. The van der Waals surface area contributed by atoms with Gasteiger partial charge < -0.3 is 4.90 Å². The van der Waals surface area contributed by atoms with Gasteiger partial charge in [0.2, 0.25) is 0 Å². The molecule has 0 aromatic heterocycles. The molecule has 1 aromatic rings. The van der Waals surface area contributed by atoms with Gasteiger partial charge in [0.05, 0.1) is 0 Å². The van der Waals surface area contributed by atoms with Crippen molar-refractivity contribution in [3.63, 3.8) is 0 Å². The Morgan fingerprint density at radius 1 is 1.42 bits per heavy atom. The molecule has 0 radical (unpaired) electrons. The molecule has 3 aliphatic rings. The summed E-state index contributed by atoms with van der Waals surface area (Å²) in [6.45, 7) is 3.85. The molecule has 134 valence electrons. The van der Waals surface area contributed by atoms with Crippen molar-refractivity contribution >= 4 is 5.91 Å². The van der Waals surface area contributed by atoms with Crippen LogP contribution in [0.2, 0.25) is 0 Å². The molecule has 5 nitrogen and oxygen atoms in total. The van der Waals surface area contributed by atoms with Gasteiger partial charge in [-0.2, -0.15) is 0 Å². The molecule has 2 fully saturated rings. The predicted octanol–water partition coefficient (Wildman–Crippen LogP) is 2.28. The zero-order valence-corrected chi connectivity index (χ0v) is 14.0. The first-order valence-electron chi connectivity index (χ1n) is 8.71. The van der Waals surface area contributed by atoms with Crippen LogP contribution in [0.1, 0.15) is 43.6 Å². The van der Waals surface area contributed by atoms with Crippen molar-refractivity contribution in [1.29, 1.82) is 0 Å². The number of hydrogen-bond acceptors (Lipinski definition) is 4. The number of hydrogen-bond donors (Lipinski definition) is 2. The molecule has 2 atom stereocenters. The summed E-state index contributed by atoms with van der Waals surface area (Å²) < 4.78 is 14.5. The van der Waals surface area contributed by atoms with E-state index in [1.54, 1.807) is 11.5 Å². The highest BCUT2D eigenvalue weighted by Gasteiger charge is 2.52. The third kappa shape index (κ3) is 2.44. The minimum Gasteiger partial charge on any atom is -0.306 e. The third-order valence-electron chi connectivity index (χ3n) is 6.32. The number of halogens is 1. The monoisotopic (exact) mass is 337 g/mol. The number of hydroxylamine groups is 1. The van der Waals surface area contributed by atoms with Crippen LogP contribution in [-0.2, 0) is 13.0 Å². The molecule has 0 bridgehead atoms. The first kappa shape index (κ1) is 16.0. The Bertz CT molecular complexity index is 691. The summed E-state index contributed by atoms with van der Waals surface area (Å²) in [7, 11) is 2.18. The number of benzene rings is 1. The fraction of sp³-hybridized carbons (Fsp3) is 0.611. The Kier molecular flexibility index (Phi) is 3.86. The van der Waals surface area contributed by atoms with E-state index in [1.807, 2.05) is 0 Å². The van der Waals surface area contributed by atoms with Gasteiger partial charge >= 0.3 is 0 Å². The molecule has 1 amide bonds. The molecule has 6 heteroatoms. The Morgan fingerprint density at radius 2 is 2.25 bits per heavy atom. The average molecular weight is 337 g/mol. The van der Waals surface area contributed by atoms with Gasteiger partial charge in [-0.05, 0) is 62.4 Å². The number of carbonyl (C=O) groups is 1. The average Bonchev–Trinajstić information content (AvgIpc) is 2.98. The lowest BCUT2D eigenvalue weighted by Gasteiger charge is -2.53. The first-order chi connectivity index (χ1) is 11.5. The maximum Gasteiger partial charge on any atom is 0.274 e. The molecular weight excluding hydrogens is 309 g/mol. The van der Waals surface area contributed by atoms with Crippen molar-refractivity contribution in [3.8, 4) is 0 Å². The summed E-state index contributed by atoms with van der Waals surface area (Å²) in [5.41, 5.74) is 3.76. The normalized spacial score (nSPS) is 30.2. The smallest absolute Gasteiger partial charge is 0.274 e. The molecule has 0 unspecified atom stereocenters. The Morgan fingerprint density at radius 3 is 2.88 bits per heavy atom. The van der Waals surface area contributed by atoms with E-state index in [1.165, 1.54) is 25.3 Å². The van der Waals surface area contributed by atoms with Crippen molar-refractivity contribution in [1.82, 2.24) is 15.3 Å². The lowest BCUT2D eigenvalue weighted by Crippen LogP contribution is -2.57. The van der Waals surface area contributed by atoms with Crippen molar-refractivity contribution < 1.29 is 17.2 Å². The second-order valence-electron chi connectivity index (χ2n) is 7.66. The molecule has 2 heterocycles. The topological polar surface area (TPSA) is 55.8 Å². The number of rotatable bonds is 2. The maximum atomic E-state index is 14.5. The zero-order chi connectivity index (χ0) is 16.9. The van der Waals surface area contributed by atoms with E-state index in [-0.39, 0.29) is 14.2 Å². The van der Waals surface area contributed by atoms with Gasteiger partial charge in [-0.25, -0.2) is 9.87 Å². The second-order valence-corrected chi connectivity index (χ2v) is 7.66. The van der Waals surface area contributed by atoms with Gasteiger partial charge in [-0.15, -0.1) is 0 Å². The van der Waals surface area contributed by atoms with E-state index < -0.39 is 5.91 Å². The van der Waals surface area contributed by atoms with Gasteiger partial charge in [-0.1, -0.05) is 0 Å². The lowest BCUT2D eigenvalue weighted by molar-refractivity contribution is -0.0264. The van der Waals surface area contributed by atoms with Crippen LogP contribution in [-0.4, -0.2) is 53.6 Å². The molecule has 1 saturated carbocycles. The summed E-state index contributed by atoms with van der Waals surface area (Å²) in [5.74, 6) is -1.00. The van der Waals surface area contributed by atoms with E-state index in [9.17, 15) is 9.18 Å². The van der Waals surface area contributed by atoms with Crippen LogP contribution in [0.4, 0.5) is 4.39 Å². The van der Waals surface area contributed by atoms with E-state index in [0.29, 0.717) is 23.6 Å². The van der Waals surface area contributed by atoms with Crippen molar-refractivity contribution in [2.75, 3.05) is 26.7 Å². The van der Waals surface area contributed by atoms with E-state index >= 15 is 0 Å². The molecule has 1 aliphatic carbocycles. The Labute approximate surface area is 144 Å². The zero-order valence-electron chi connectivity index (χ0n) is 14.0. The van der Waals surface area contributed by atoms with Crippen LogP contribution in [0.25, 0.3) is 0 Å². The largest absolute Gasteiger partial charge is 0.306 e. The minimum atomic E-state index is -0.661. The quantitative estimate of drug-likeness (QED) is 0.642. The first-order valence-corrected chi connectivity index (χ1v) is 8.71. The maximum absolute atomic E-state index is 14.5. The van der Waals surface area contributed by atoms with E-state index in [2.05, 4.69) is 16.8 Å². The van der Waals surface area contributed by atoms with Crippen LogP contribution < -0.4 is 5.48 Å². The lowest BCUT2D eigenvalue weighted by atomic mass is 9.62. The molecule has 24 heavy (non-hydrogen) atoms. The van der Waals surface area contributed by atoms with Crippen molar-refractivity contribution in [2.45, 2.75) is 38.3 Å². The van der Waals surface area contributed by atoms with Crippen LogP contribution >= 0.6 is 0 Å². The third-order valence-corrected chi connectivity index (χ3v) is 6.32. The molecule has 1 spiro atoms. The fourth-order valence-electron chi connectivity index (χ4n) is 4.94. The number of fused-ring (bicyclic) bond motifs is 1. The summed E-state index contributed by atoms with van der Waals surface area (Å²) in [5, 5.41) is 8.74. The van der Waals surface area contributed by atoms with Gasteiger partial charge in [0, 0.05) is 39.7 Å². The van der Waals surface area contributed by atoms with Crippen LogP contribution in [0.5, 0.6) is 0 Å². The SMILES string of the molecule is CN1CC[C@@]2(CC[C@@H]2N2CCc3cc(C(=O)NO)cc(F)c3C2)C1.[HH].[HH]. The summed E-state index contributed by atoms with van der Waals surface area (Å²) in [6, 6.07) is 3.49.